The summed E-state index contributed by atoms with van der Waals surface area (Å²) in [6.45, 7) is 1.88. The van der Waals surface area contributed by atoms with Gasteiger partial charge in [-0.25, -0.2) is 0 Å². The maximum absolute atomic E-state index is 13.4. The van der Waals surface area contributed by atoms with E-state index in [0.29, 0.717) is 16.5 Å². The highest BCUT2D eigenvalue weighted by Gasteiger charge is 2.29. The largest absolute Gasteiger partial charge is 0.495 e. The highest BCUT2D eigenvalue weighted by molar-refractivity contribution is 8.00. The Morgan fingerprint density at radius 1 is 1.03 bits per heavy atom. The molecular weight excluding hydrogens is 456 g/mol. The number of carbonyl (C=O) groups is 2. The van der Waals surface area contributed by atoms with Crippen molar-refractivity contribution in [1.82, 2.24) is 0 Å². The highest BCUT2D eigenvalue weighted by Crippen LogP contribution is 2.38. The average molecular weight is 481 g/mol. The molecule has 33 heavy (non-hydrogen) atoms. The molecule has 0 heterocycles. The van der Waals surface area contributed by atoms with Crippen LogP contribution in [-0.4, -0.2) is 18.9 Å². The predicted molar refractivity (Wildman–Crippen MR) is 134 cm³/mol. The van der Waals surface area contributed by atoms with Crippen molar-refractivity contribution >= 4 is 46.6 Å². The lowest BCUT2D eigenvalue weighted by Gasteiger charge is -2.19. The van der Waals surface area contributed by atoms with Crippen molar-refractivity contribution in [1.29, 1.82) is 0 Å². The highest BCUT2D eigenvalue weighted by atomic mass is 35.5. The molecule has 0 spiro atoms. The monoisotopic (exact) mass is 480 g/mol. The maximum Gasteiger partial charge on any atom is 0.242 e. The zero-order chi connectivity index (χ0) is 23.4. The van der Waals surface area contributed by atoms with Crippen molar-refractivity contribution in [2.45, 2.75) is 29.9 Å². The molecule has 0 bridgehead atoms. The molecule has 0 saturated heterocycles. The van der Waals surface area contributed by atoms with Crippen LogP contribution in [0.15, 0.2) is 71.6 Å². The van der Waals surface area contributed by atoms with Gasteiger partial charge in [-0.1, -0.05) is 41.9 Å². The van der Waals surface area contributed by atoms with E-state index in [1.807, 2.05) is 67.6 Å². The number of thioether (sulfide) groups is 1. The van der Waals surface area contributed by atoms with Gasteiger partial charge in [0.25, 0.3) is 0 Å². The molecule has 170 valence electrons. The quantitative estimate of drug-likeness (QED) is 0.362. The summed E-state index contributed by atoms with van der Waals surface area (Å²) in [5.74, 6) is 0.562. The number of methoxy groups -OCH3 is 1. The van der Waals surface area contributed by atoms with Gasteiger partial charge in [0, 0.05) is 27.6 Å². The normalized spacial score (nSPS) is 13.8. The van der Waals surface area contributed by atoms with Crippen LogP contribution in [0.25, 0.3) is 0 Å². The van der Waals surface area contributed by atoms with Crippen molar-refractivity contribution in [3.05, 3.63) is 82.9 Å². The Bertz CT molecular complexity index is 1150. The predicted octanol–water partition coefficient (Wildman–Crippen LogP) is 6.48. The third-order valence-electron chi connectivity index (χ3n) is 5.40. The fourth-order valence-electron chi connectivity index (χ4n) is 3.37. The number of benzene rings is 3. The third kappa shape index (κ3) is 5.89. The Hall–Kier alpha value is -2.96. The first-order valence-electron chi connectivity index (χ1n) is 10.7. The lowest BCUT2D eigenvalue weighted by Crippen LogP contribution is -2.19. The van der Waals surface area contributed by atoms with E-state index in [2.05, 4.69) is 10.6 Å². The number of hydrogen-bond acceptors (Lipinski definition) is 4. The zero-order valence-corrected chi connectivity index (χ0v) is 20.0. The van der Waals surface area contributed by atoms with Crippen LogP contribution < -0.4 is 15.4 Å². The number of ether oxygens (including phenoxy) is 1. The van der Waals surface area contributed by atoms with E-state index in [-0.39, 0.29) is 17.7 Å². The SMILES string of the molecule is COc1cc(Cl)c(C)cc1NC(=O)C(Sc1ccc(NC(=O)C2CC2)cc1)c1ccccc1. The van der Waals surface area contributed by atoms with Crippen LogP contribution >= 0.6 is 23.4 Å². The number of nitrogens with one attached hydrogen (secondary N) is 2. The molecule has 2 N–H and O–H groups in total. The minimum Gasteiger partial charge on any atom is -0.495 e. The number of hydrogen-bond donors (Lipinski definition) is 2. The second-order valence-electron chi connectivity index (χ2n) is 7.99. The van der Waals surface area contributed by atoms with Crippen LogP contribution in [0.3, 0.4) is 0 Å². The van der Waals surface area contributed by atoms with Gasteiger partial charge >= 0.3 is 0 Å². The van der Waals surface area contributed by atoms with Crippen LogP contribution in [-0.2, 0) is 9.59 Å². The molecule has 1 unspecified atom stereocenters. The summed E-state index contributed by atoms with van der Waals surface area (Å²) in [5, 5.41) is 6.04. The summed E-state index contributed by atoms with van der Waals surface area (Å²) in [6, 6.07) is 20.7. The Kier molecular flexibility index (Phi) is 7.26. The number of halogens is 1. The number of anilines is 2. The molecule has 3 aromatic rings. The van der Waals surface area contributed by atoms with E-state index in [4.69, 9.17) is 16.3 Å². The second-order valence-corrected chi connectivity index (χ2v) is 9.57. The van der Waals surface area contributed by atoms with Crippen molar-refractivity contribution < 1.29 is 14.3 Å². The van der Waals surface area contributed by atoms with Gasteiger partial charge in [-0.2, -0.15) is 0 Å². The summed E-state index contributed by atoms with van der Waals surface area (Å²) in [4.78, 5) is 26.3. The Morgan fingerprint density at radius 3 is 2.36 bits per heavy atom. The molecule has 1 fully saturated rings. The van der Waals surface area contributed by atoms with Crippen LogP contribution in [0, 0.1) is 12.8 Å². The Balaban J connectivity index is 1.54. The standard InChI is InChI=1S/C26H25ClN2O3S/c1-16-14-22(23(32-2)15-21(16)27)29-26(31)24(17-6-4-3-5-7-17)33-20-12-10-19(11-13-20)28-25(30)18-8-9-18/h3-7,10-15,18,24H,8-9H2,1-2H3,(H,28,30)(H,29,31). The van der Waals surface area contributed by atoms with Gasteiger partial charge in [0.2, 0.25) is 11.8 Å². The molecule has 7 heteroatoms. The van der Waals surface area contributed by atoms with Crippen molar-refractivity contribution in [3.8, 4) is 5.75 Å². The third-order valence-corrected chi connectivity index (χ3v) is 7.08. The van der Waals surface area contributed by atoms with E-state index in [1.165, 1.54) is 11.8 Å². The van der Waals surface area contributed by atoms with Gasteiger partial charge in [0.15, 0.2) is 0 Å². The van der Waals surface area contributed by atoms with Gasteiger partial charge in [0.1, 0.15) is 11.0 Å². The molecule has 0 aliphatic heterocycles. The minimum absolute atomic E-state index is 0.0733. The van der Waals surface area contributed by atoms with Crippen molar-refractivity contribution in [2.24, 2.45) is 5.92 Å². The van der Waals surface area contributed by atoms with E-state index >= 15 is 0 Å². The van der Waals surface area contributed by atoms with Crippen LogP contribution in [0.4, 0.5) is 11.4 Å². The topological polar surface area (TPSA) is 67.4 Å². The van der Waals surface area contributed by atoms with Crippen molar-refractivity contribution in [2.75, 3.05) is 17.7 Å². The van der Waals surface area contributed by atoms with E-state index in [9.17, 15) is 9.59 Å². The van der Waals surface area contributed by atoms with Crippen LogP contribution in [0.5, 0.6) is 5.75 Å². The number of amides is 2. The summed E-state index contributed by atoms with van der Waals surface area (Å²) in [5.41, 5.74) is 3.07. The second kappa shape index (κ2) is 10.3. The molecule has 4 rings (SSSR count). The molecule has 5 nitrogen and oxygen atoms in total. The fraction of sp³-hybridized carbons (Fsp3) is 0.231. The Morgan fingerprint density at radius 2 is 1.73 bits per heavy atom. The summed E-state index contributed by atoms with van der Waals surface area (Å²) < 4.78 is 5.41. The fourth-order valence-corrected chi connectivity index (χ4v) is 4.55. The van der Waals surface area contributed by atoms with Crippen LogP contribution in [0.2, 0.25) is 5.02 Å². The first kappa shape index (κ1) is 23.2. The van der Waals surface area contributed by atoms with Gasteiger partial charge < -0.3 is 15.4 Å². The van der Waals surface area contributed by atoms with Gasteiger partial charge in [-0.3, -0.25) is 9.59 Å². The molecule has 0 radical (unpaired) electrons. The number of aryl methyl sites for hydroxylation is 1. The summed E-state index contributed by atoms with van der Waals surface area (Å²) in [6.07, 6.45) is 1.93. The molecule has 2 amide bonds. The van der Waals surface area contributed by atoms with E-state index in [0.717, 1.165) is 34.6 Å². The zero-order valence-electron chi connectivity index (χ0n) is 18.4. The molecule has 1 atom stereocenters. The van der Waals surface area contributed by atoms with Gasteiger partial charge in [0.05, 0.1) is 12.8 Å². The number of rotatable bonds is 8. The Labute approximate surface area is 202 Å². The first-order valence-corrected chi connectivity index (χ1v) is 12.0. The maximum atomic E-state index is 13.4. The molecular formula is C26H25ClN2O3S. The van der Waals surface area contributed by atoms with Crippen molar-refractivity contribution in [3.63, 3.8) is 0 Å². The first-order chi connectivity index (χ1) is 15.9. The van der Waals surface area contributed by atoms with Crippen LogP contribution in [0.1, 0.15) is 29.2 Å². The molecule has 3 aromatic carbocycles. The lowest BCUT2D eigenvalue weighted by molar-refractivity contribution is -0.117. The summed E-state index contributed by atoms with van der Waals surface area (Å²) >= 11 is 7.65. The van der Waals surface area contributed by atoms with E-state index in [1.54, 1.807) is 13.2 Å². The summed E-state index contributed by atoms with van der Waals surface area (Å²) in [7, 11) is 1.55. The van der Waals surface area contributed by atoms with E-state index < -0.39 is 5.25 Å². The average Bonchev–Trinajstić information content (AvgIpc) is 3.67. The molecule has 1 saturated carbocycles. The van der Waals surface area contributed by atoms with Gasteiger partial charge in [-0.05, 0) is 61.2 Å². The molecule has 1 aliphatic rings. The smallest absolute Gasteiger partial charge is 0.242 e. The lowest BCUT2D eigenvalue weighted by atomic mass is 10.1. The van der Waals surface area contributed by atoms with Gasteiger partial charge in [-0.15, -0.1) is 11.8 Å². The minimum atomic E-state index is -0.487. The molecule has 1 aliphatic carbocycles. The number of carbonyl (C=O) groups excluding carboxylic acids is 2. The molecule has 0 aromatic heterocycles.